The first-order valence-corrected chi connectivity index (χ1v) is 12.1. The average molecular weight is 483 g/mol. The van der Waals surface area contributed by atoms with Gasteiger partial charge in [0.2, 0.25) is 11.8 Å². The van der Waals surface area contributed by atoms with Gasteiger partial charge < -0.3 is 10.8 Å². The standard InChI is InChI=1S/C29H30N4O3/c1-20-17-25(29(31)36)9-10-26(20)23-3-2-4-24(18-23)27(34)12-14-32-15-13-28(35)33(32)16-11-21-5-7-22(19-30)8-6-21/h2-10,17-18,27,34H,11-16H2,1H3,(H2,31,36). The highest BCUT2D eigenvalue weighted by molar-refractivity contribution is 5.93. The summed E-state index contributed by atoms with van der Waals surface area (Å²) in [5.41, 5.74) is 11.2. The number of rotatable bonds is 9. The summed E-state index contributed by atoms with van der Waals surface area (Å²) < 4.78 is 0. The van der Waals surface area contributed by atoms with Gasteiger partial charge in [0, 0.05) is 31.6 Å². The van der Waals surface area contributed by atoms with E-state index in [2.05, 4.69) is 6.07 Å². The molecule has 3 N–H and O–H groups in total. The molecule has 4 rings (SSSR count). The minimum atomic E-state index is -0.675. The van der Waals surface area contributed by atoms with Gasteiger partial charge >= 0.3 is 0 Å². The van der Waals surface area contributed by atoms with Gasteiger partial charge in [-0.25, -0.2) is 5.01 Å². The molecule has 184 valence electrons. The molecule has 1 heterocycles. The Balaban J connectivity index is 1.38. The Morgan fingerprint density at radius 3 is 2.58 bits per heavy atom. The lowest BCUT2D eigenvalue weighted by Gasteiger charge is -2.29. The molecule has 7 heteroatoms. The fraction of sp³-hybridized carbons (Fsp3) is 0.276. The van der Waals surface area contributed by atoms with E-state index in [9.17, 15) is 14.7 Å². The highest BCUT2D eigenvalue weighted by atomic mass is 16.3. The van der Waals surface area contributed by atoms with Crippen LogP contribution in [0.3, 0.4) is 0 Å². The van der Waals surface area contributed by atoms with E-state index >= 15 is 0 Å². The summed E-state index contributed by atoms with van der Waals surface area (Å²) in [5, 5.41) is 23.7. The van der Waals surface area contributed by atoms with Crippen molar-refractivity contribution in [2.24, 2.45) is 5.73 Å². The van der Waals surface area contributed by atoms with E-state index in [0.29, 0.717) is 50.0 Å². The number of aliphatic hydroxyl groups is 1. The number of nitrogens with zero attached hydrogens (tertiary/aromatic N) is 3. The maximum atomic E-state index is 12.5. The average Bonchev–Trinajstić information content (AvgIpc) is 3.25. The Hall–Kier alpha value is -3.99. The van der Waals surface area contributed by atoms with Crippen LogP contribution in [0.15, 0.2) is 66.7 Å². The van der Waals surface area contributed by atoms with Crippen molar-refractivity contribution < 1.29 is 14.7 Å². The fourth-order valence-electron chi connectivity index (χ4n) is 4.60. The highest BCUT2D eigenvalue weighted by Crippen LogP contribution is 2.28. The summed E-state index contributed by atoms with van der Waals surface area (Å²) >= 11 is 0. The highest BCUT2D eigenvalue weighted by Gasteiger charge is 2.28. The number of hydrogen-bond acceptors (Lipinski definition) is 5. The van der Waals surface area contributed by atoms with Gasteiger partial charge in [0.15, 0.2) is 0 Å². The first kappa shape index (κ1) is 25.1. The number of benzene rings is 3. The number of aliphatic hydroxyl groups excluding tert-OH is 1. The number of hydrogen-bond donors (Lipinski definition) is 2. The van der Waals surface area contributed by atoms with Crippen LogP contribution in [0.4, 0.5) is 0 Å². The minimum Gasteiger partial charge on any atom is -0.388 e. The van der Waals surface area contributed by atoms with Gasteiger partial charge in [-0.3, -0.25) is 14.6 Å². The first-order chi connectivity index (χ1) is 17.4. The van der Waals surface area contributed by atoms with Crippen molar-refractivity contribution in [1.29, 1.82) is 5.26 Å². The monoisotopic (exact) mass is 482 g/mol. The van der Waals surface area contributed by atoms with Crippen molar-refractivity contribution in [3.05, 3.63) is 94.5 Å². The molecular weight excluding hydrogens is 452 g/mol. The van der Waals surface area contributed by atoms with Crippen LogP contribution in [-0.2, 0) is 11.2 Å². The first-order valence-electron chi connectivity index (χ1n) is 12.1. The molecule has 7 nitrogen and oxygen atoms in total. The van der Waals surface area contributed by atoms with Gasteiger partial charge in [-0.2, -0.15) is 5.26 Å². The molecule has 2 amide bonds. The zero-order valence-corrected chi connectivity index (χ0v) is 20.4. The third kappa shape index (κ3) is 5.80. The number of amides is 2. The third-order valence-electron chi connectivity index (χ3n) is 6.66. The maximum absolute atomic E-state index is 12.5. The van der Waals surface area contributed by atoms with Crippen molar-refractivity contribution in [2.45, 2.75) is 32.3 Å². The number of aryl methyl sites for hydroxylation is 1. The number of carbonyl (C=O) groups excluding carboxylic acids is 2. The Morgan fingerprint density at radius 2 is 1.89 bits per heavy atom. The number of hydrazine groups is 1. The lowest BCUT2D eigenvalue weighted by molar-refractivity contribution is -0.138. The lowest BCUT2D eigenvalue weighted by atomic mass is 9.95. The molecule has 0 aliphatic carbocycles. The molecule has 36 heavy (non-hydrogen) atoms. The Kier molecular flexibility index (Phi) is 7.79. The van der Waals surface area contributed by atoms with Crippen LogP contribution >= 0.6 is 0 Å². The molecule has 1 aliphatic heterocycles. The van der Waals surface area contributed by atoms with Crippen LogP contribution in [0.5, 0.6) is 0 Å². The maximum Gasteiger partial charge on any atom is 0.248 e. The van der Waals surface area contributed by atoms with Gasteiger partial charge in [0.25, 0.3) is 0 Å². The second-order valence-corrected chi connectivity index (χ2v) is 9.10. The molecule has 0 bridgehead atoms. The smallest absolute Gasteiger partial charge is 0.248 e. The Labute approximate surface area is 211 Å². The molecule has 0 spiro atoms. The second-order valence-electron chi connectivity index (χ2n) is 9.10. The largest absolute Gasteiger partial charge is 0.388 e. The van der Waals surface area contributed by atoms with Gasteiger partial charge in [-0.15, -0.1) is 0 Å². The second kappa shape index (κ2) is 11.2. The van der Waals surface area contributed by atoms with Crippen molar-refractivity contribution in [3.8, 4) is 17.2 Å². The molecule has 1 saturated heterocycles. The van der Waals surface area contributed by atoms with E-state index in [0.717, 1.165) is 27.8 Å². The summed E-state index contributed by atoms with van der Waals surface area (Å²) in [6, 6.07) is 22.7. The summed E-state index contributed by atoms with van der Waals surface area (Å²) in [7, 11) is 0. The van der Waals surface area contributed by atoms with Gasteiger partial charge in [0.05, 0.1) is 17.7 Å². The van der Waals surface area contributed by atoms with Crippen molar-refractivity contribution in [3.63, 3.8) is 0 Å². The van der Waals surface area contributed by atoms with Gasteiger partial charge in [-0.05, 0) is 77.9 Å². The summed E-state index contributed by atoms with van der Waals surface area (Å²) in [5.74, 6) is -0.366. The van der Waals surface area contributed by atoms with Crippen LogP contribution in [0.1, 0.15) is 51.6 Å². The number of nitrogens with two attached hydrogens (primary N) is 1. The third-order valence-corrected chi connectivity index (χ3v) is 6.66. The normalized spacial score (nSPS) is 14.6. The zero-order chi connectivity index (χ0) is 25.7. The SMILES string of the molecule is Cc1cc(C(N)=O)ccc1-c1cccc(C(O)CCN2CCC(=O)N2CCc2ccc(C#N)cc2)c1. The van der Waals surface area contributed by atoms with Gasteiger partial charge in [0.1, 0.15) is 0 Å². The van der Waals surface area contributed by atoms with E-state index in [-0.39, 0.29) is 5.91 Å². The Bertz CT molecular complexity index is 1300. The van der Waals surface area contributed by atoms with E-state index in [4.69, 9.17) is 11.0 Å². The molecule has 1 atom stereocenters. The predicted octanol–water partition coefficient (Wildman–Crippen LogP) is 3.75. The quantitative estimate of drug-likeness (QED) is 0.483. The molecule has 0 aromatic heterocycles. The van der Waals surface area contributed by atoms with Crippen LogP contribution in [0.2, 0.25) is 0 Å². The van der Waals surface area contributed by atoms with Crippen LogP contribution in [0, 0.1) is 18.3 Å². The summed E-state index contributed by atoms with van der Waals surface area (Å²) in [4.78, 5) is 23.9. The van der Waals surface area contributed by atoms with E-state index in [1.165, 1.54) is 0 Å². The number of carbonyl (C=O) groups is 2. The molecule has 0 saturated carbocycles. The van der Waals surface area contributed by atoms with E-state index in [1.54, 1.807) is 29.3 Å². The molecule has 3 aromatic rings. The fourth-order valence-corrected chi connectivity index (χ4v) is 4.60. The van der Waals surface area contributed by atoms with Crippen molar-refractivity contribution >= 4 is 11.8 Å². The topological polar surface area (TPSA) is 111 Å². The van der Waals surface area contributed by atoms with Gasteiger partial charge in [-0.1, -0.05) is 36.4 Å². The molecule has 0 radical (unpaired) electrons. The predicted molar refractivity (Wildman–Crippen MR) is 137 cm³/mol. The molecule has 1 aliphatic rings. The zero-order valence-electron chi connectivity index (χ0n) is 20.4. The van der Waals surface area contributed by atoms with Crippen LogP contribution < -0.4 is 5.73 Å². The molecule has 3 aromatic carbocycles. The Morgan fingerprint density at radius 1 is 1.11 bits per heavy atom. The lowest BCUT2D eigenvalue weighted by Crippen LogP contribution is -2.41. The number of primary amides is 1. The van der Waals surface area contributed by atoms with Crippen molar-refractivity contribution in [1.82, 2.24) is 10.0 Å². The molecule has 1 unspecified atom stereocenters. The van der Waals surface area contributed by atoms with E-state index in [1.807, 2.05) is 54.4 Å². The van der Waals surface area contributed by atoms with Crippen LogP contribution in [0.25, 0.3) is 11.1 Å². The van der Waals surface area contributed by atoms with Crippen molar-refractivity contribution in [2.75, 3.05) is 19.6 Å². The summed E-state index contributed by atoms with van der Waals surface area (Å²) in [6.45, 7) is 3.71. The number of nitriles is 1. The molecule has 1 fully saturated rings. The minimum absolute atomic E-state index is 0.0926. The van der Waals surface area contributed by atoms with E-state index < -0.39 is 12.0 Å². The summed E-state index contributed by atoms with van der Waals surface area (Å²) in [6.07, 6.45) is 0.988. The molecular formula is C29H30N4O3. The van der Waals surface area contributed by atoms with Crippen LogP contribution in [-0.4, -0.2) is 46.6 Å².